The molecule has 1 saturated carbocycles. The zero-order valence-electron chi connectivity index (χ0n) is 11.4. The van der Waals surface area contributed by atoms with Crippen LogP contribution in [0.3, 0.4) is 0 Å². The van der Waals surface area contributed by atoms with Crippen LogP contribution in [0, 0.1) is 16.7 Å². The summed E-state index contributed by atoms with van der Waals surface area (Å²) in [5.74, 6) is 2.04. The molecule has 0 aromatic rings. The predicted molar refractivity (Wildman–Crippen MR) is 73.9 cm³/mol. The summed E-state index contributed by atoms with van der Waals surface area (Å²) in [5, 5.41) is 9.65. The van der Waals surface area contributed by atoms with E-state index in [1.54, 1.807) is 0 Å². The van der Waals surface area contributed by atoms with Crippen LogP contribution in [0.2, 0.25) is 0 Å². The van der Waals surface area contributed by atoms with Crippen LogP contribution >= 0.6 is 11.8 Å². The quantitative estimate of drug-likeness (QED) is 0.808. The van der Waals surface area contributed by atoms with Crippen LogP contribution in [0.15, 0.2) is 0 Å². The third-order valence-electron chi connectivity index (χ3n) is 4.44. The zero-order chi connectivity index (χ0) is 12.2. The number of hydrogen-bond donors (Lipinski definition) is 1. The summed E-state index contributed by atoms with van der Waals surface area (Å²) in [4.78, 5) is 0. The summed E-state index contributed by atoms with van der Waals surface area (Å²) in [7, 11) is 0. The van der Waals surface area contributed by atoms with Crippen molar-refractivity contribution in [1.82, 2.24) is 0 Å². The van der Waals surface area contributed by atoms with Crippen LogP contribution in [0.25, 0.3) is 0 Å². The minimum atomic E-state index is 0.255. The van der Waals surface area contributed by atoms with Gasteiger partial charge in [0.05, 0.1) is 0 Å². The van der Waals surface area contributed by atoms with Crippen LogP contribution in [0.5, 0.6) is 0 Å². The smallest absolute Gasteiger partial charge is 0.0487 e. The highest BCUT2D eigenvalue weighted by Gasteiger charge is 2.37. The molecule has 1 aliphatic rings. The fraction of sp³-hybridized carbons (Fsp3) is 1.00. The molecular weight excluding hydrogens is 216 g/mol. The maximum atomic E-state index is 9.65. The highest BCUT2D eigenvalue weighted by atomic mass is 32.2. The van der Waals surface area contributed by atoms with E-state index in [4.69, 9.17) is 0 Å². The first-order valence-corrected chi connectivity index (χ1v) is 7.93. The monoisotopic (exact) mass is 244 g/mol. The Morgan fingerprint density at radius 2 is 1.81 bits per heavy atom. The SMILES string of the molecule is CSCCC1(CO)CCC(C(C)(C)C)CC1. The number of aliphatic hydroxyl groups is 1. The van der Waals surface area contributed by atoms with Gasteiger partial charge in [0.1, 0.15) is 0 Å². The molecular formula is C14H28OS. The van der Waals surface area contributed by atoms with E-state index in [-0.39, 0.29) is 5.41 Å². The Balaban J connectivity index is 2.50. The predicted octanol–water partition coefficient (Wildman–Crippen LogP) is 3.95. The van der Waals surface area contributed by atoms with Crippen molar-refractivity contribution in [3.63, 3.8) is 0 Å². The number of aliphatic hydroxyl groups excluding tert-OH is 1. The van der Waals surface area contributed by atoms with Crippen molar-refractivity contribution in [2.45, 2.75) is 52.9 Å². The van der Waals surface area contributed by atoms with Crippen LogP contribution in [0.4, 0.5) is 0 Å². The average molecular weight is 244 g/mol. The molecule has 16 heavy (non-hydrogen) atoms. The summed E-state index contributed by atoms with van der Waals surface area (Å²) < 4.78 is 0. The molecule has 1 rings (SSSR count). The van der Waals surface area contributed by atoms with Crippen molar-refractivity contribution in [3.8, 4) is 0 Å². The summed E-state index contributed by atoms with van der Waals surface area (Å²) in [5.41, 5.74) is 0.700. The summed E-state index contributed by atoms with van der Waals surface area (Å²) in [6.45, 7) is 7.45. The summed E-state index contributed by atoms with van der Waals surface area (Å²) in [6.07, 6.45) is 8.42. The Labute approximate surface area is 105 Å². The molecule has 0 radical (unpaired) electrons. The Bertz CT molecular complexity index is 199. The lowest BCUT2D eigenvalue weighted by atomic mass is 9.63. The Kier molecular flexibility index (Phi) is 5.18. The Hall–Kier alpha value is 0.310. The second kappa shape index (κ2) is 5.77. The Morgan fingerprint density at radius 1 is 1.25 bits per heavy atom. The van der Waals surface area contributed by atoms with Crippen LogP contribution in [0.1, 0.15) is 52.9 Å². The van der Waals surface area contributed by atoms with Crippen molar-refractivity contribution in [2.75, 3.05) is 18.6 Å². The molecule has 1 nitrogen and oxygen atoms in total. The molecule has 96 valence electrons. The van der Waals surface area contributed by atoms with Crippen molar-refractivity contribution in [1.29, 1.82) is 0 Å². The molecule has 0 unspecified atom stereocenters. The minimum Gasteiger partial charge on any atom is -0.396 e. The second-order valence-corrected chi connectivity index (χ2v) is 7.53. The normalized spacial score (nSPS) is 31.7. The van der Waals surface area contributed by atoms with Gasteiger partial charge in [0.15, 0.2) is 0 Å². The van der Waals surface area contributed by atoms with Gasteiger partial charge in [0.2, 0.25) is 0 Å². The van der Waals surface area contributed by atoms with E-state index < -0.39 is 0 Å². The maximum absolute atomic E-state index is 9.65. The molecule has 0 spiro atoms. The van der Waals surface area contributed by atoms with E-state index in [0.717, 1.165) is 5.92 Å². The van der Waals surface area contributed by atoms with Crippen molar-refractivity contribution in [2.24, 2.45) is 16.7 Å². The van der Waals surface area contributed by atoms with Gasteiger partial charge < -0.3 is 5.11 Å². The average Bonchev–Trinajstić information content (AvgIpc) is 2.26. The molecule has 0 aromatic carbocycles. The van der Waals surface area contributed by atoms with E-state index >= 15 is 0 Å². The van der Waals surface area contributed by atoms with Crippen molar-refractivity contribution >= 4 is 11.8 Å². The molecule has 0 heterocycles. The van der Waals surface area contributed by atoms with E-state index in [9.17, 15) is 5.11 Å². The molecule has 0 bridgehead atoms. The molecule has 0 aromatic heterocycles. The zero-order valence-corrected chi connectivity index (χ0v) is 12.2. The molecule has 1 aliphatic carbocycles. The van der Waals surface area contributed by atoms with Gasteiger partial charge in [-0.25, -0.2) is 0 Å². The molecule has 0 saturated heterocycles. The van der Waals surface area contributed by atoms with Gasteiger partial charge in [-0.05, 0) is 60.9 Å². The standard InChI is InChI=1S/C14H28OS/c1-13(2,3)12-5-7-14(11-15,8-6-12)9-10-16-4/h12,15H,5-11H2,1-4H3. The number of rotatable bonds is 4. The third kappa shape index (κ3) is 3.66. The summed E-state index contributed by atoms with van der Waals surface area (Å²) >= 11 is 1.90. The van der Waals surface area contributed by atoms with Crippen molar-refractivity contribution < 1.29 is 5.11 Å². The van der Waals surface area contributed by atoms with E-state index in [1.807, 2.05) is 11.8 Å². The number of hydrogen-bond acceptors (Lipinski definition) is 2. The van der Waals surface area contributed by atoms with Gasteiger partial charge in [-0.1, -0.05) is 20.8 Å². The molecule has 0 atom stereocenters. The lowest BCUT2D eigenvalue weighted by molar-refractivity contribution is 0.0348. The molecule has 1 fully saturated rings. The molecule has 1 N–H and O–H groups in total. The van der Waals surface area contributed by atoms with Crippen LogP contribution in [-0.4, -0.2) is 23.7 Å². The maximum Gasteiger partial charge on any atom is 0.0487 e. The summed E-state index contributed by atoms with van der Waals surface area (Å²) in [6, 6.07) is 0. The van der Waals surface area contributed by atoms with Gasteiger partial charge >= 0.3 is 0 Å². The van der Waals surface area contributed by atoms with Crippen LogP contribution < -0.4 is 0 Å². The van der Waals surface area contributed by atoms with Gasteiger partial charge in [0.25, 0.3) is 0 Å². The number of thioether (sulfide) groups is 1. The van der Waals surface area contributed by atoms with E-state index in [1.165, 1.54) is 37.9 Å². The largest absolute Gasteiger partial charge is 0.396 e. The van der Waals surface area contributed by atoms with Crippen LogP contribution in [-0.2, 0) is 0 Å². The Morgan fingerprint density at radius 3 is 2.19 bits per heavy atom. The molecule has 0 amide bonds. The van der Waals surface area contributed by atoms with Crippen molar-refractivity contribution in [3.05, 3.63) is 0 Å². The van der Waals surface area contributed by atoms with E-state index in [0.29, 0.717) is 12.0 Å². The highest BCUT2D eigenvalue weighted by molar-refractivity contribution is 7.98. The first-order valence-electron chi connectivity index (χ1n) is 6.53. The van der Waals surface area contributed by atoms with Gasteiger partial charge in [-0.2, -0.15) is 11.8 Å². The van der Waals surface area contributed by atoms with Gasteiger partial charge in [0, 0.05) is 6.61 Å². The first-order chi connectivity index (χ1) is 7.43. The lowest BCUT2D eigenvalue weighted by Gasteiger charge is -2.43. The fourth-order valence-electron chi connectivity index (χ4n) is 2.90. The molecule has 0 aliphatic heterocycles. The highest BCUT2D eigenvalue weighted by Crippen LogP contribution is 2.47. The lowest BCUT2D eigenvalue weighted by Crippen LogP contribution is -2.35. The second-order valence-electron chi connectivity index (χ2n) is 6.54. The van der Waals surface area contributed by atoms with Gasteiger partial charge in [-0.3, -0.25) is 0 Å². The van der Waals surface area contributed by atoms with Gasteiger partial charge in [-0.15, -0.1) is 0 Å². The fourth-order valence-corrected chi connectivity index (χ4v) is 3.54. The molecule has 2 heteroatoms. The first kappa shape index (κ1) is 14.4. The van der Waals surface area contributed by atoms with E-state index in [2.05, 4.69) is 27.0 Å². The topological polar surface area (TPSA) is 20.2 Å². The minimum absolute atomic E-state index is 0.255. The third-order valence-corrected chi connectivity index (χ3v) is 5.06.